The number of aromatic nitrogens is 3. The van der Waals surface area contributed by atoms with Crippen molar-refractivity contribution in [1.29, 1.82) is 0 Å². The lowest BCUT2D eigenvalue weighted by molar-refractivity contribution is 0.369. The molecule has 3 rings (SSSR count). The Labute approximate surface area is 124 Å². The molecule has 0 spiro atoms. The van der Waals surface area contributed by atoms with Gasteiger partial charge in [0.25, 0.3) is 0 Å². The first-order chi connectivity index (χ1) is 10.1. The van der Waals surface area contributed by atoms with Crippen LogP contribution in [0.2, 0.25) is 0 Å². The van der Waals surface area contributed by atoms with E-state index in [4.69, 9.17) is 4.52 Å². The van der Waals surface area contributed by atoms with Crippen molar-refractivity contribution >= 4 is 10.9 Å². The van der Waals surface area contributed by atoms with Crippen LogP contribution in [0.1, 0.15) is 31.1 Å². The lowest BCUT2D eigenvalue weighted by Crippen LogP contribution is -2.21. The molecule has 0 saturated heterocycles. The third-order valence-electron chi connectivity index (χ3n) is 3.43. The van der Waals surface area contributed by atoms with Gasteiger partial charge >= 0.3 is 0 Å². The van der Waals surface area contributed by atoms with E-state index >= 15 is 0 Å². The average Bonchev–Trinajstić information content (AvgIpc) is 3.04. The van der Waals surface area contributed by atoms with E-state index in [0.717, 1.165) is 6.54 Å². The number of aryl methyl sites for hydroxylation is 1. The summed E-state index contributed by atoms with van der Waals surface area (Å²) in [5.41, 5.74) is 2.46. The first-order valence-corrected chi connectivity index (χ1v) is 7.22. The zero-order valence-electron chi connectivity index (χ0n) is 12.6. The molecule has 0 aliphatic carbocycles. The summed E-state index contributed by atoms with van der Waals surface area (Å²) in [6, 6.07) is 9.13. The Bertz CT molecular complexity index is 742. The second-order valence-electron chi connectivity index (χ2n) is 5.61. The molecule has 0 unspecified atom stereocenters. The zero-order valence-corrected chi connectivity index (χ0v) is 12.6. The summed E-state index contributed by atoms with van der Waals surface area (Å²) >= 11 is 0. The molecule has 5 nitrogen and oxygen atoms in total. The molecule has 0 radical (unpaired) electrons. The summed E-state index contributed by atoms with van der Waals surface area (Å²) < 4.78 is 7.34. The van der Waals surface area contributed by atoms with Crippen LogP contribution < -0.4 is 5.32 Å². The minimum atomic E-state index is 0.480. The van der Waals surface area contributed by atoms with Crippen molar-refractivity contribution < 1.29 is 4.52 Å². The fourth-order valence-corrected chi connectivity index (χ4v) is 2.35. The fraction of sp³-hybridized carbons (Fsp3) is 0.375. The lowest BCUT2D eigenvalue weighted by Gasteiger charge is -2.09. The van der Waals surface area contributed by atoms with Gasteiger partial charge in [-0.25, -0.2) is 0 Å². The number of fused-ring (bicyclic) bond motifs is 1. The zero-order chi connectivity index (χ0) is 14.8. The Morgan fingerprint density at radius 3 is 2.86 bits per heavy atom. The normalized spacial score (nSPS) is 11.6. The van der Waals surface area contributed by atoms with Crippen LogP contribution in [0.25, 0.3) is 10.9 Å². The SMILES string of the molecule is Cc1noc(Cn2ccc3ccc(CNC(C)C)cc32)n1. The summed E-state index contributed by atoms with van der Waals surface area (Å²) in [7, 11) is 0. The van der Waals surface area contributed by atoms with Crippen molar-refractivity contribution in [2.45, 2.75) is 39.9 Å². The quantitative estimate of drug-likeness (QED) is 0.782. The van der Waals surface area contributed by atoms with Crippen LogP contribution in [-0.2, 0) is 13.1 Å². The molecule has 2 heterocycles. The molecule has 5 heteroatoms. The van der Waals surface area contributed by atoms with Gasteiger partial charge in [-0.3, -0.25) is 0 Å². The van der Waals surface area contributed by atoms with Gasteiger partial charge in [0.05, 0.1) is 0 Å². The summed E-state index contributed by atoms with van der Waals surface area (Å²) in [6.07, 6.45) is 2.06. The third-order valence-corrected chi connectivity index (χ3v) is 3.43. The number of hydrogen-bond acceptors (Lipinski definition) is 4. The van der Waals surface area contributed by atoms with E-state index in [9.17, 15) is 0 Å². The van der Waals surface area contributed by atoms with Crippen LogP contribution in [-0.4, -0.2) is 20.7 Å². The highest BCUT2D eigenvalue weighted by Gasteiger charge is 2.07. The van der Waals surface area contributed by atoms with Gasteiger partial charge in [-0.15, -0.1) is 0 Å². The Morgan fingerprint density at radius 2 is 2.14 bits per heavy atom. The monoisotopic (exact) mass is 284 g/mol. The summed E-state index contributed by atoms with van der Waals surface area (Å²) in [5, 5.41) is 8.50. The Morgan fingerprint density at radius 1 is 1.29 bits per heavy atom. The topological polar surface area (TPSA) is 55.9 Å². The van der Waals surface area contributed by atoms with Gasteiger partial charge in [-0.1, -0.05) is 31.1 Å². The van der Waals surface area contributed by atoms with E-state index in [0.29, 0.717) is 24.3 Å². The van der Waals surface area contributed by atoms with E-state index in [1.165, 1.54) is 16.5 Å². The van der Waals surface area contributed by atoms with E-state index < -0.39 is 0 Å². The molecule has 0 fully saturated rings. The first-order valence-electron chi connectivity index (χ1n) is 7.22. The smallest absolute Gasteiger partial charge is 0.246 e. The van der Waals surface area contributed by atoms with Gasteiger partial charge in [-0.05, 0) is 30.0 Å². The van der Waals surface area contributed by atoms with Crippen LogP contribution in [0.3, 0.4) is 0 Å². The molecule has 0 aliphatic heterocycles. The standard InChI is InChI=1S/C16H20N4O/c1-11(2)17-9-13-4-5-14-6-7-20(15(14)8-13)10-16-18-12(3)19-21-16/h4-8,11,17H,9-10H2,1-3H3. The summed E-state index contributed by atoms with van der Waals surface area (Å²) in [4.78, 5) is 4.26. The van der Waals surface area contributed by atoms with Crippen LogP contribution in [0, 0.1) is 6.92 Å². The fourth-order valence-electron chi connectivity index (χ4n) is 2.35. The van der Waals surface area contributed by atoms with Gasteiger partial charge < -0.3 is 14.4 Å². The highest BCUT2D eigenvalue weighted by atomic mass is 16.5. The molecular formula is C16H20N4O. The second-order valence-corrected chi connectivity index (χ2v) is 5.61. The minimum absolute atomic E-state index is 0.480. The minimum Gasteiger partial charge on any atom is -0.338 e. The Kier molecular flexibility index (Phi) is 3.75. The first kappa shape index (κ1) is 13.8. The lowest BCUT2D eigenvalue weighted by atomic mass is 10.1. The molecule has 0 bridgehead atoms. The van der Waals surface area contributed by atoms with Gasteiger partial charge in [0.1, 0.15) is 6.54 Å². The molecule has 3 aromatic rings. The van der Waals surface area contributed by atoms with Crippen LogP contribution >= 0.6 is 0 Å². The van der Waals surface area contributed by atoms with Crippen LogP contribution in [0.15, 0.2) is 35.0 Å². The Hall–Kier alpha value is -2.14. The third kappa shape index (κ3) is 3.13. The predicted molar refractivity (Wildman–Crippen MR) is 82.1 cm³/mol. The van der Waals surface area contributed by atoms with E-state index in [2.05, 4.69) is 64.3 Å². The maximum absolute atomic E-state index is 5.20. The predicted octanol–water partition coefficient (Wildman–Crippen LogP) is 2.88. The van der Waals surface area contributed by atoms with Gasteiger partial charge in [0.2, 0.25) is 5.89 Å². The number of benzene rings is 1. The molecule has 110 valence electrons. The van der Waals surface area contributed by atoms with E-state index in [-0.39, 0.29) is 0 Å². The van der Waals surface area contributed by atoms with Crippen LogP contribution in [0.5, 0.6) is 0 Å². The van der Waals surface area contributed by atoms with Crippen molar-refractivity contribution in [3.63, 3.8) is 0 Å². The van der Waals surface area contributed by atoms with Crippen molar-refractivity contribution in [2.75, 3.05) is 0 Å². The molecule has 0 aliphatic rings. The highest BCUT2D eigenvalue weighted by molar-refractivity contribution is 5.80. The highest BCUT2D eigenvalue weighted by Crippen LogP contribution is 2.19. The van der Waals surface area contributed by atoms with Crippen molar-refractivity contribution in [3.8, 4) is 0 Å². The van der Waals surface area contributed by atoms with Crippen molar-refractivity contribution in [1.82, 2.24) is 20.0 Å². The van der Waals surface area contributed by atoms with Gasteiger partial charge in [0.15, 0.2) is 5.82 Å². The van der Waals surface area contributed by atoms with Crippen LogP contribution in [0.4, 0.5) is 0 Å². The van der Waals surface area contributed by atoms with Gasteiger partial charge in [-0.2, -0.15) is 4.98 Å². The van der Waals surface area contributed by atoms with E-state index in [1.807, 2.05) is 6.92 Å². The number of rotatable bonds is 5. The molecule has 1 aromatic carbocycles. The molecule has 21 heavy (non-hydrogen) atoms. The summed E-state index contributed by atoms with van der Waals surface area (Å²) in [6.45, 7) is 7.61. The maximum Gasteiger partial charge on any atom is 0.246 e. The molecule has 2 aromatic heterocycles. The van der Waals surface area contributed by atoms with Crippen molar-refractivity contribution in [3.05, 3.63) is 47.7 Å². The molecular weight excluding hydrogens is 264 g/mol. The average molecular weight is 284 g/mol. The van der Waals surface area contributed by atoms with Gasteiger partial charge in [0, 0.05) is 24.3 Å². The molecule has 0 atom stereocenters. The Balaban J connectivity index is 1.86. The molecule has 0 saturated carbocycles. The second kappa shape index (κ2) is 5.69. The molecule has 1 N–H and O–H groups in total. The maximum atomic E-state index is 5.20. The largest absolute Gasteiger partial charge is 0.338 e. The number of nitrogens with one attached hydrogen (secondary N) is 1. The van der Waals surface area contributed by atoms with Crippen molar-refractivity contribution in [2.24, 2.45) is 0 Å². The number of hydrogen-bond donors (Lipinski definition) is 1. The number of nitrogens with zero attached hydrogens (tertiary/aromatic N) is 3. The van der Waals surface area contributed by atoms with E-state index in [1.54, 1.807) is 0 Å². The summed E-state index contributed by atoms with van der Waals surface area (Å²) in [5.74, 6) is 1.30. The molecule has 0 amide bonds.